The second kappa shape index (κ2) is 9.46. The third kappa shape index (κ3) is 5.00. The second-order valence-corrected chi connectivity index (χ2v) is 8.66. The molecule has 0 unspecified atom stereocenters. The summed E-state index contributed by atoms with van der Waals surface area (Å²) in [6.45, 7) is 6.32. The number of thioether (sulfide) groups is 1. The number of nitrogens with one attached hydrogen (secondary N) is 1. The molecule has 0 saturated heterocycles. The van der Waals surface area contributed by atoms with E-state index in [1.165, 1.54) is 11.8 Å². The molecule has 1 N–H and O–H groups in total. The maximum absolute atomic E-state index is 12.9. The van der Waals surface area contributed by atoms with Gasteiger partial charge in [-0.1, -0.05) is 60.6 Å². The summed E-state index contributed by atoms with van der Waals surface area (Å²) in [5.74, 6) is -0.102. The van der Waals surface area contributed by atoms with Crippen LogP contribution in [0.5, 0.6) is 0 Å². The van der Waals surface area contributed by atoms with Gasteiger partial charge in [0.1, 0.15) is 0 Å². The number of hydrogen-bond acceptors (Lipinski definition) is 4. The Hall–Kier alpha value is -2.31. The highest BCUT2D eigenvalue weighted by Gasteiger charge is 2.21. The Morgan fingerprint density at radius 1 is 1.21 bits per heavy atom. The highest BCUT2D eigenvalue weighted by Crippen LogP contribution is 2.25. The molecular formula is C22H24ClN3O2S. The Morgan fingerprint density at radius 3 is 2.62 bits per heavy atom. The van der Waals surface area contributed by atoms with Crippen LogP contribution in [-0.2, 0) is 11.3 Å². The van der Waals surface area contributed by atoms with Crippen molar-refractivity contribution < 1.29 is 4.79 Å². The molecule has 0 saturated carbocycles. The predicted octanol–water partition coefficient (Wildman–Crippen LogP) is 4.82. The molecule has 1 heterocycles. The van der Waals surface area contributed by atoms with E-state index in [-0.39, 0.29) is 17.5 Å². The monoisotopic (exact) mass is 429 g/mol. The number of carbonyl (C=O) groups excluding carboxylic acids is 1. The van der Waals surface area contributed by atoms with E-state index in [0.29, 0.717) is 27.6 Å². The zero-order valence-electron chi connectivity index (χ0n) is 16.7. The number of halogens is 1. The molecule has 0 spiro atoms. The average Bonchev–Trinajstić information content (AvgIpc) is 2.71. The Balaban J connectivity index is 1.85. The molecule has 1 aromatic heterocycles. The molecule has 2 aromatic carbocycles. The summed E-state index contributed by atoms with van der Waals surface area (Å²) in [5.41, 5.74) is 1.48. The van der Waals surface area contributed by atoms with Crippen molar-refractivity contribution in [2.45, 2.75) is 50.2 Å². The summed E-state index contributed by atoms with van der Waals surface area (Å²) in [7, 11) is 0. The van der Waals surface area contributed by atoms with Gasteiger partial charge in [0.25, 0.3) is 5.56 Å². The maximum atomic E-state index is 12.9. The lowest BCUT2D eigenvalue weighted by molar-refractivity contribution is -0.120. The molecule has 0 fully saturated rings. The molecule has 152 valence electrons. The van der Waals surface area contributed by atoms with Crippen LogP contribution < -0.4 is 10.9 Å². The van der Waals surface area contributed by atoms with Gasteiger partial charge >= 0.3 is 0 Å². The molecule has 0 bridgehead atoms. The topological polar surface area (TPSA) is 64.0 Å². The summed E-state index contributed by atoms with van der Waals surface area (Å²) >= 11 is 7.36. The maximum Gasteiger partial charge on any atom is 0.262 e. The van der Waals surface area contributed by atoms with Crippen LogP contribution in [0.4, 0.5) is 0 Å². The van der Waals surface area contributed by atoms with E-state index in [1.54, 1.807) is 22.8 Å². The van der Waals surface area contributed by atoms with Crippen molar-refractivity contribution >= 4 is 40.2 Å². The van der Waals surface area contributed by atoms with Gasteiger partial charge in [0, 0.05) is 11.6 Å². The molecule has 29 heavy (non-hydrogen) atoms. The first-order valence-corrected chi connectivity index (χ1v) is 10.9. The van der Waals surface area contributed by atoms with E-state index in [0.717, 1.165) is 12.0 Å². The zero-order valence-corrected chi connectivity index (χ0v) is 18.3. The van der Waals surface area contributed by atoms with Crippen LogP contribution in [0.1, 0.15) is 38.8 Å². The van der Waals surface area contributed by atoms with Crippen molar-refractivity contribution in [1.82, 2.24) is 14.9 Å². The largest absolute Gasteiger partial charge is 0.349 e. The lowest BCUT2D eigenvalue weighted by Gasteiger charge is -2.19. The summed E-state index contributed by atoms with van der Waals surface area (Å²) in [5, 5.41) is 4.21. The minimum Gasteiger partial charge on any atom is -0.349 e. The third-order valence-corrected chi connectivity index (χ3v) is 5.96. The normalized spacial score (nSPS) is 13.2. The van der Waals surface area contributed by atoms with Gasteiger partial charge in [0.15, 0.2) is 5.16 Å². The number of carbonyl (C=O) groups is 1. The van der Waals surface area contributed by atoms with Crippen LogP contribution in [0.25, 0.3) is 10.9 Å². The number of benzene rings is 2. The van der Waals surface area contributed by atoms with E-state index in [9.17, 15) is 9.59 Å². The van der Waals surface area contributed by atoms with Crippen molar-refractivity contribution in [2.75, 3.05) is 0 Å². The first kappa shape index (κ1) is 21.4. The van der Waals surface area contributed by atoms with Crippen LogP contribution in [0, 0.1) is 0 Å². The number of hydrogen-bond donors (Lipinski definition) is 1. The van der Waals surface area contributed by atoms with E-state index in [1.807, 2.05) is 51.1 Å². The van der Waals surface area contributed by atoms with Crippen LogP contribution in [0.2, 0.25) is 5.02 Å². The van der Waals surface area contributed by atoms with Crippen molar-refractivity contribution in [3.63, 3.8) is 0 Å². The fraction of sp³-hybridized carbons (Fsp3) is 0.318. The van der Waals surface area contributed by atoms with Crippen molar-refractivity contribution in [2.24, 2.45) is 0 Å². The molecule has 5 nitrogen and oxygen atoms in total. The molecule has 7 heteroatoms. The first-order valence-electron chi connectivity index (χ1n) is 9.62. The highest BCUT2D eigenvalue weighted by atomic mass is 35.5. The Labute approximate surface area is 179 Å². The third-order valence-electron chi connectivity index (χ3n) is 4.64. The first-order chi connectivity index (χ1) is 13.9. The molecule has 2 atom stereocenters. The molecule has 1 amide bonds. The quantitative estimate of drug-likeness (QED) is 0.432. The fourth-order valence-electron chi connectivity index (χ4n) is 3.05. The molecule has 3 rings (SSSR count). The zero-order chi connectivity index (χ0) is 21.0. The van der Waals surface area contributed by atoms with E-state index >= 15 is 0 Å². The predicted molar refractivity (Wildman–Crippen MR) is 120 cm³/mol. The van der Waals surface area contributed by atoms with Gasteiger partial charge in [-0.2, -0.15) is 0 Å². The fourth-order valence-corrected chi connectivity index (χ4v) is 4.16. The standard InChI is InChI=1S/C22H24ClN3O2S/c1-4-12-26-21(28)18-11-10-17(23)13-19(18)25-22(26)29-15(3)20(27)24-14(2)16-8-6-5-7-9-16/h5-11,13-15H,4,12H2,1-3H3,(H,24,27)/t14-,15-/m1/s1. The van der Waals surface area contributed by atoms with Gasteiger partial charge < -0.3 is 5.32 Å². The summed E-state index contributed by atoms with van der Waals surface area (Å²) in [4.78, 5) is 30.3. The van der Waals surface area contributed by atoms with E-state index < -0.39 is 5.25 Å². The van der Waals surface area contributed by atoms with Crippen LogP contribution in [0.3, 0.4) is 0 Å². The number of nitrogens with zero attached hydrogens (tertiary/aromatic N) is 2. The summed E-state index contributed by atoms with van der Waals surface area (Å²) in [6.07, 6.45) is 0.792. The SMILES string of the molecule is CCCn1c(S[C@H](C)C(=O)N[C@H](C)c2ccccc2)nc2cc(Cl)ccc2c1=O. The van der Waals surface area contributed by atoms with Gasteiger partial charge in [0.2, 0.25) is 5.91 Å². The van der Waals surface area contributed by atoms with Gasteiger partial charge in [-0.05, 0) is 44.0 Å². The van der Waals surface area contributed by atoms with Gasteiger partial charge in [-0.25, -0.2) is 4.98 Å². The summed E-state index contributed by atoms with van der Waals surface area (Å²) in [6, 6.07) is 14.8. The molecule has 0 aliphatic heterocycles. The number of fused-ring (bicyclic) bond motifs is 1. The van der Waals surface area contributed by atoms with Gasteiger partial charge in [0.05, 0.1) is 22.2 Å². The molecule has 0 aliphatic carbocycles. The van der Waals surface area contributed by atoms with Crippen LogP contribution >= 0.6 is 23.4 Å². The minimum absolute atomic E-state index is 0.102. The van der Waals surface area contributed by atoms with Crippen LogP contribution in [-0.4, -0.2) is 20.7 Å². The lowest BCUT2D eigenvalue weighted by Crippen LogP contribution is -2.34. The minimum atomic E-state index is -0.409. The molecule has 3 aromatic rings. The number of rotatable bonds is 7. The van der Waals surface area contributed by atoms with E-state index in [2.05, 4.69) is 10.3 Å². The second-order valence-electron chi connectivity index (χ2n) is 6.91. The molecular weight excluding hydrogens is 406 g/mol. The lowest BCUT2D eigenvalue weighted by atomic mass is 10.1. The number of aromatic nitrogens is 2. The van der Waals surface area contributed by atoms with Crippen molar-refractivity contribution in [3.8, 4) is 0 Å². The Morgan fingerprint density at radius 2 is 1.93 bits per heavy atom. The van der Waals surface area contributed by atoms with Gasteiger partial charge in [-0.15, -0.1) is 0 Å². The highest BCUT2D eigenvalue weighted by molar-refractivity contribution is 8.00. The average molecular weight is 430 g/mol. The van der Waals surface area contributed by atoms with E-state index in [4.69, 9.17) is 11.6 Å². The van der Waals surface area contributed by atoms with Crippen LogP contribution in [0.15, 0.2) is 58.5 Å². The van der Waals surface area contributed by atoms with Crippen molar-refractivity contribution in [1.29, 1.82) is 0 Å². The molecule has 0 aliphatic rings. The Kier molecular flexibility index (Phi) is 6.98. The number of amides is 1. The van der Waals surface area contributed by atoms with Crippen molar-refractivity contribution in [3.05, 3.63) is 69.5 Å². The summed E-state index contributed by atoms with van der Waals surface area (Å²) < 4.78 is 1.64. The molecule has 0 radical (unpaired) electrons. The van der Waals surface area contributed by atoms with Gasteiger partial charge in [-0.3, -0.25) is 14.2 Å². The smallest absolute Gasteiger partial charge is 0.262 e. The Bertz CT molecular complexity index is 1070.